The van der Waals surface area contributed by atoms with Gasteiger partial charge in [-0.1, -0.05) is 38.1 Å². The maximum absolute atomic E-state index is 11.6. The van der Waals surface area contributed by atoms with Crippen molar-refractivity contribution >= 4 is 5.97 Å². The highest BCUT2D eigenvalue weighted by atomic mass is 16.4. The highest BCUT2D eigenvalue weighted by Gasteiger charge is 2.14. The molecule has 1 aromatic heterocycles. The average molecular weight is 271 g/mol. The molecule has 0 aliphatic rings. The van der Waals surface area contributed by atoms with Gasteiger partial charge in [0.1, 0.15) is 5.56 Å². The first-order chi connectivity index (χ1) is 9.49. The first-order valence-electron chi connectivity index (χ1n) is 6.51. The van der Waals surface area contributed by atoms with Crippen LogP contribution in [0.3, 0.4) is 0 Å². The van der Waals surface area contributed by atoms with Crippen molar-refractivity contribution in [1.82, 2.24) is 4.98 Å². The van der Waals surface area contributed by atoms with Gasteiger partial charge < -0.3 is 10.1 Å². The number of aromatic amines is 1. The number of aromatic nitrogens is 1. The SMILES string of the molecule is CC(C)c1cccc(Cc2cc[nH]c(=O)c2C(=O)O)c1. The van der Waals surface area contributed by atoms with E-state index in [1.165, 1.54) is 11.8 Å². The molecule has 1 heterocycles. The van der Waals surface area contributed by atoms with Crippen molar-refractivity contribution in [2.45, 2.75) is 26.2 Å². The van der Waals surface area contributed by atoms with Crippen molar-refractivity contribution in [1.29, 1.82) is 0 Å². The molecule has 2 aromatic rings. The molecule has 0 bridgehead atoms. The number of carboxylic acids is 1. The number of hydrogen-bond acceptors (Lipinski definition) is 2. The third-order valence-corrected chi connectivity index (χ3v) is 3.27. The van der Waals surface area contributed by atoms with Crippen molar-refractivity contribution < 1.29 is 9.90 Å². The first kappa shape index (κ1) is 14.1. The van der Waals surface area contributed by atoms with Crippen LogP contribution in [0.1, 0.15) is 46.8 Å². The van der Waals surface area contributed by atoms with Crippen LogP contribution in [-0.2, 0) is 6.42 Å². The van der Waals surface area contributed by atoms with E-state index in [0.717, 1.165) is 5.56 Å². The number of carbonyl (C=O) groups is 1. The molecule has 2 rings (SSSR count). The molecule has 0 saturated heterocycles. The zero-order valence-corrected chi connectivity index (χ0v) is 11.5. The van der Waals surface area contributed by atoms with E-state index in [1.54, 1.807) is 6.07 Å². The highest BCUT2D eigenvalue weighted by molar-refractivity contribution is 5.89. The second-order valence-corrected chi connectivity index (χ2v) is 5.09. The number of benzene rings is 1. The molecule has 0 atom stereocenters. The maximum atomic E-state index is 11.6. The zero-order chi connectivity index (χ0) is 14.7. The molecule has 0 unspecified atom stereocenters. The standard InChI is InChI=1S/C16H17NO3/c1-10(2)12-5-3-4-11(8-12)9-13-6-7-17-15(18)14(13)16(19)20/h3-8,10H,9H2,1-2H3,(H,17,18)(H,19,20). The summed E-state index contributed by atoms with van der Waals surface area (Å²) in [6, 6.07) is 9.64. The lowest BCUT2D eigenvalue weighted by atomic mass is 9.96. The van der Waals surface area contributed by atoms with Crippen LogP contribution in [-0.4, -0.2) is 16.1 Å². The van der Waals surface area contributed by atoms with Gasteiger partial charge in [-0.05, 0) is 35.1 Å². The molecule has 2 N–H and O–H groups in total. The largest absolute Gasteiger partial charge is 0.477 e. The molecule has 0 spiro atoms. The smallest absolute Gasteiger partial charge is 0.341 e. The first-order valence-corrected chi connectivity index (χ1v) is 6.51. The molecule has 4 nitrogen and oxygen atoms in total. The summed E-state index contributed by atoms with van der Waals surface area (Å²) in [5, 5.41) is 9.15. The molecule has 0 radical (unpaired) electrons. The van der Waals surface area contributed by atoms with Gasteiger partial charge in [0.05, 0.1) is 0 Å². The van der Waals surface area contributed by atoms with Crippen LogP contribution in [0.25, 0.3) is 0 Å². The van der Waals surface area contributed by atoms with E-state index in [4.69, 9.17) is 5.11 Å². The van der Waals surface area contributed by atoms with Crippen LogP contribution >= 0.6 is 0 Å². The van der Waals surface area contributed by atoms with Crippen molar-refractivity contribution in [3.8, 4) is 0 Å². The van der Waals surface area contributed by atoms with Gasteiger partial charge in [0, 0.05) is 6.20 Å². The molecule has 104 valence electrons. The Morgan fingerprint density at radius 3 is 2.70 bits per heavy atom. The number of carboxylic acid groups (broad SMARTS) is 1. The van der Waals surface area contributed by atoms with Crippen molar-refractivity contribution in [2.24, 2.45) is 0 Å². The number of rotatable bonds is 4. The lowest BCUT2D eigenvalue weighted by Crippen LogP contribution is -2.20. The van der Waals surface area contributed by atoms with E-state index in [-0.39, 0.29) is 5.56 Å². The third-order valence-electron chi connectivity index (χ3n) is 3.27. The fourth-order valence-electron chi connectivity index (χ4n) is 2.18. The summed E-state index contributed by atoms with van der Waals surface area (Å²) in [7, 11) is 0. The molecule has 4 heteroatoms. The van der Waals surface area contributed by atoms with Gasteiger partial charge in [-0.25, -0.2) is 4.79 Å². The molecule has 1 aromatic carbocycles. The Morgan fingerprint density at radius 1 is 1.30 bits per heavy atom. The van der Waals surface area contributed by atoms with Gasteiger partial charge >= 0.3 is 5.97 Å². The zero-order valence-electron chi connectivity index (χ0n) is 11.5. The lowest BCUT2D eigenvalue weighted by Gasteiger charge is -2.09. The van der Waals surface area contributed by atoms with Gasteiger partial charge in [-0.3, -0.25) is 4.79 Å². The van der Waals surface area contributed by atoms with Crippen LogP contribution in [0, 0.1) is 0 Å². The summed E-state index contributed by atoms with van der Waals surface area (Å²) in [6.07, 6.45) is 1.92. The predicted octanol–water partition coefficient (Wildman–Crippen LogP) is 2.79. The maximum Gasteiger partial charge on any atom is 0.341 e. The minimum absolute atomic E-state index is 0.178. The van der Waals surface area contributed by atoms with Crippen LogP contribution < -0.4 is 5.56 Å². The minimum Gasteiger partial charge on any atom is -0.477 e. The second kappa shape index (κ2) is 5.74. The van der Waals surface area contributed by atoms with Gasteiger partial charge in [-0.2, -0.15) is 0 Å². The molecule has 0 fully saturated rings. The van der Waals surface area contributed by atoms with E-state index in [0.29, 0.717) is 17.9 Å². The van der Waals surface area contributed by atoms with Crippen molar-refractivity contribution in [3.63, 3.8) is 0 Å². The van der Waals surface area contributed by atoms with E-state index in [2.05, 4.69) is 24.9 Å². The summed E-state index contributed by atoms with van der Waals surface area (Å²) in [4.78, 5) is 25.2. The summed E-state index contributed by atoms with van der Waals surface area (Å²) in [5.41, 5.74) is 1.99. The minimum atomic E-state index is -1.19. The molecule has 0 saturated carbocycles. The second-order valence-electron chi connectivity index (χ2n) is 5.09. The normalized spacial score (nSPS) is 10.8. The quantitative estimate of drug-likeness (QED) is 0.898. The summed E-state index contributed by atoms with van der Waals surface area (Å²) >= 11 is 0. The molecule has 0 amide bonds. The number of nitrogens with one attached hydrogen (secondary N) is 1. The van der Waals surface area contributed by atoms with Crippen LogP contribution in [0.15, 0.2) is 41.3 Å². The molecule has 0 aliphatic heterocycles. The lowest BCUT2D eigenvalue weighted by molar-refractivity contribution is 0.0694. The molecule has 20 heavy (non-hydrogen) atoms. The van der Waals surface area contributed by atoms with Crippen LogP contribution in [0.5, 0.6) is 0 Å². The monoisotopic (exact) mass is 271 g/mol. The van der Waals surface area contributed by atoms with E-state index in [9.17, 15) is 9.59 Å². The fourth-order valence-corrected chi connectivity index (χ4v) is 2.18. The van der Waals surface area contributed by atoms with Crippen molar-refractivity contribution in [2.75, 3.05) is 0 Å². The van der Waals surface area contributed by atoms with E-state index in [1.807, 2.05) is 18.2 Å². The Morgan fingerprint density at radius 2 is 2.05 bits per heavy atom. The Kier molecular flexibility index (Phi) is 4.03. The Labute approximate surface area is 117 Å². The number of aromatic carboxylic acids is 1. The van der Waals surface area contributed by atoms with E-state index >= 15 is 0 Å². The van der Waals surface area contributed by atoms with Crippen LogP contribution in [0.2, 0.25) is 0 Å². The number of pyridine rings is 1. The summed E-state index contributed by atoms with van der Waals surface area (Å²) in [6.45, 7) is 4.21. The van der Waals surface area contributed by atoms with Crippen LogP contribution in [0.4, 0.5) is 0 Å². The number of H-pyrrole nitrogens is 1. The Bertz CT molecular complexity index is 686. The Balaban J connectivity index is 2.40. The van der Waals surface area contributed by atoms with Gasteiger partial charge in [0.15, 0.2) is 0 Å². The molecular weight excluding hydrogens is 254 g/mol. The fraction of sp³-hybridized carbons (Fsp3) is 0.250. The third kappa shape index (κ3) is 2.96. The van der Waals surface area contributed by atoms with Gasteiger partial charge in [0.2, 0.25) is 0 Å². The van der Waals surface area contributed by atoms with E-state index < -0.39 is 11.5 Å². The molecular formula is C16H17NO3. The summed E-state index contributed by atoms with van der Waals surface area (Å²) < 4.78 is 0. The average Bonchev–Trinajstić information content (AvgIpc) is 2.38. The topological polar surface area (TPSA) is 70.2 Å². The van der Waals surface area contributed by atoms with Gasteiger partial charge in [-0.15, -0.1) is 0 Å². The molecule has 0 aliphatic carbocycles. The number of hydrogen-bond donors (Lipinski definition) is 2. The van der Waals surface area contributed by atoms with Gasteiger partial charge in [0.25, 0.3) is 5.56 Å². The summed E-state index contributed by atoms with van der Waals surface area (Å²) in [5.74, 6) is -0.782. The highest BCUT2D eigenvalue weighted by Crippen LogP contribution is 2.18. The van der Waals surface area contributed by atoms with Crippen molar-refractivity contribution in [3.05, 3.63) is 69.1 Å². The Hall–Kier alpha value is -2.36. The predicted molar refractivity (Wildman–Crippen MR) is 77.4 cm³/mol.